The van der Waals surface area contributed by atoms with E-state index in [1.165, 1.54) is 5.56 Å². The van der Waals surface area contributed by atoms with Crippen molar-refractivity contribution in [3.8, 4) is 5.75 Å². The predicted molar refractivity (Wildman–Crippen MR) is 119 cm³/mol. The normalized spacial score (nSPS) is 17.0. The van der Waals surface area contributed by atoms with E-state index in [1.807, 2.05) is 37.3 Å². The third kappa shape index (κ3) is 3.62. The van der Waals surface area contributed by atoms with Crippen LogP contribution in [0.25, 0.3) is 11.0 Å². The fourth-order valence-corrected chi connectivity index (χ4v) is 5.07. The first kappa shape index (κ1) is 19.9. The minimum Gasteiger partial charge on any atom is -0.486 e. The molecule has 2 aliphatic rings. The van der Waals surface area contributed by atoms with E-state index in [1.54, 1.807) is 0 Å². The molecular weight excluding hydrogens is 390 g/mol. The van der Waals surface area contributed by atoms with Crippen LogP contribution in [0.5, 0.6) is 5.75 Å². The Kier molecular flexibility index (Phi) is 5.05. The van der Waals surface area contributed by atoms with E-state index in [-0.39, 0.29) is 23.1 Å². The second-order valence-corrected chi connectivity index (χ2v) is 8.81. The van der Waals surface area contributed by atoms with Gasteiger partial charge in [0, 0.05) is 17.5 Å². The van der Waals surface area contributed by atoms with Gasteiger partial charge in [-0.2, -0.15) is 0 Å². The number of carbonyl (C=O) groups is 2. The fourth-order valence-electron chi connectivity index (χ4n) is 5.07. The Hall–Kier alpha value is -3.08. The van der Waals surface area contributed by atoms with E-state index in [4.69, 9.17) is 9.15 Å². The number of amides is 1. The van der Waals surface area contributed by atoms with Crippen molar-refractivity contribution in [1.29, 1.82) is 0 Å². The van der Waals surface area contributed by atoms with Crippen LogP contribution in [-0.2, 0) is 6.42 Å². The molecule has 1 saturated carbocycles. The maximum absolute atomic E-state index is 13.1. The van der Waals surface area contributed by atoms with Gasteiger partial charge in [0.15, 0.2) is 11.5 Å². The standard InChI is InChI=1S/C26H27NO4/c1-17-22-20(11-12-21-23(22)19(28)16-26(31-21)13-5-6-14-26)30-24(17)25(29)27-15-7-10-18-8-3-2-4-9-18/h2-4,8-9,11-12H,5-7,10,13-16H2,1H3,(H,27,29). The smallest absolute Gasteiger partial charge is 0.287 e. The summed E-state index contributed by atoms with van der Waals surface area (Å²) in [6.07, 6.45) is 6.22. The van der Waals surface area contributed by atoms with Crippen LogP contribution < -0.4 is 10.1 Å². The summed E-state index contributed by atoms with van der Waals surface area (Å²) in [4.78, 5) is 25.9. The summed E-state index contributed by atoms with van der Waals surface area (Å²) >= 11 is 0. The lowest BCUT2D eigenvalue weighted by atomic mass is 9.87. The van der Waals surface area contributed by atoms with Crippen LogP contribution in [0.15, 0.2) is 46.9 Å². The van der Waals surface area contributed by atoms with E-state index in [0.717, 1.165) is 38.5 Å². The first-order chi connectivity index (χ1) is 15.1. The van der Waals surface area contributed by atoms with Crippen molar-refractivity contribution in [2.75, 3.05) is 6.54 Å². The van der Waals surface area contributed by atoms with Crippen molar-refractivity contribution >= 4 is 22.7 Å². The maximum atomic E-state index is 13.1. The van der Waals surface area contributed by atoms with Crippen LogP contribution in [0.2, 0.25) is 0 Å². The van der Waals surface area contributed by atoms with Gasteiger partial charge >= 0.3 is 0 Å². The molecule has 0 radical (unpaired) electrons. The zero-order chi connectivity index (χ0) is 21.4. The number of hydrogen-bond donors (Lipinski definition) is 1. The molecule has 5 heteroatoms. The molecule has 1 N–H and O–H groups in total. The molecule has 31 heavy (non-hydrogen) atoms. The molecule has 0 saturated heterocycles. The van der Waals surface area contributed by atoms with Crippen molar-refractivity contribution in [1.82, 2.24) is 5.32 Å². The number of fused-ring (bicyclic) bond motifs is 3. The molecule has 1 aromatic heterocycles. The van der Waals surface area contributed by atoms with Crippen molar-refractivity contribution < 1.29 is 18.7 Å². The molecule has 5 nitrogen and oxygen atoms in total. The van der Waals surface area contributed by atoms with Gasteiger partial charge in [-0.15, -0.1) is 0 Å². The molecule has 1 aliphatic heterocycles. The first-order valence-corrected chi connectivity index (χ1v) is 11.2. The fraction of sp³-hybridized carbons (Fsp3) is 0.385. The number of ketones is 1. The van der Waals surface area contributed by atoms with Gasteiger partial charge in [-0.1, -0.05) is 30.3 Å². The number of benzene rings is 2. The molecule has 1 aliphatic carbocycles. The summed E-state index contributed by atoms with van der Waals surface area (Å²) in [5.74, 6) is 0.751. The summed E-state index contributed by atoms with van der Waals surface area (Å²) in [6.45, 7) is 2.41. The summed E-state index contributed by atoms with van der Waals surface area (Å²) in [7, 11) is 0. The SMILES string of the molecule is Cc1c(C(=O)NCCCc2ccccc2)oc2ccc3c(c12)C(=O)CC1(CCCC1)O3. The van der Waals surface area contributed by atoms with Gasteiger partial charge in [-0.3, -0.25) is 9.59 Å². The van der Waals surface area contributed by atoms with Crippen LogP contribution in [0.3, 0.4) is 0 Å². The van der Waals surface area contributed by atoms with E-state index in [0.29, 0.717) is 40.8 Å². The lowest BCUT2D eigenvalue weighted by Crippen LogP contribution is -2.39. The number of ether oxygens (including phenoxy) is 1. The topological polar surface area (TPSA) is 68.5 Å². The monoisotopic (exact) mass is 417 g/mol. The highest BCUT2D eigenvalue weighted by atomic mass is 16.5. The molecule has 2 heterocycles. The van der Waals surface area contributed by atoms with Gasteiger partial charge in [0.1, 0.15) is 16.9 Å². The number of furan rings is 1. The molecule has 5 rings (SSSR count). The maximum Gasteiger partial charge on any atom is 0.287 e. The number of aryl methyl sites for hydroxylation is 2. The van der Waals surface area contributed by atoms with E-state index < -0.39 is 0 Å². The minimum atomic E-state index is -0.339. The molecule has 3 aromatic rings. The number of carbonyl (C=O) groups excluding carboxylic acids is 2. The zero-order valence-electron chi connectivity index (χ0n) is 17.8. The zero-order valence-corrected chi connectivity index (χ0v) is 17.8. The summed E-state index contributed by atoms with van der Waals surface area (Å²) in [6, 6.07) is 13.8. The average Bonchev–Trinajstić information content (AvgIpc) is 3.36. The summed E-state index contributed by atoms with van der Waals surface area (Å²) in [5.41, 5.74) is 2.74. The Balaban J connectivity index is 1.35. The number of rotatable bonds is 5. The Morgan fingerprint density at radius 1 is 1.10 bits per heavy atom. The Morgan fingerprint density at radius 3 is 2.65 bits per heavy atom. The summed E-state index contributed by atoms with van der Waals surface area (Å²) < 4.78 is 12.2. The third-order valence-electron chi connectivity index (χ3n) is 6.64. The quantitative estimate of drug-likeness (QED) is 0.566. The van der Waals surface area contributed by atoms with Crippen LogP contribution in [0.1, 0.15) is 70.6 Å². The highest BCUT2D eigenvalue weighted by Gasteiger charge is 2.43. The van der Waals surface area contributed by atoms with Gasteiger partial charge in [-0.25, -0.2) is 0 Å². The van der Waals surface area contributed by atoms with Gasteiger partial charge in [0.05, 0.1) is 12.0 Å². The number of Topliss-reactive ketones (excluding diaryl/α,β-unsaturated/α-hetero) is 1. The van der Waals surface area contributed by atoms with Crippen molar-refractivity contribution in [2.24, 2.45) is 0 Å². The van der Waals surface area contributed by atoms with Crippen molar-refractivity contribution in [3.05, 3.63) is 64.9 Å². The van der Waals surface area contributed by atoms with Crippen LogP contribution in [-0.4, -0.2) is 23.8 Å². The first-order valence-electron chi connectivity index (χ1n) is 11.2. The highest BCUT2D eigenvalue weighted by Crippen LogP contribution is 2.46. The van der Waals surface area contributed by atoms with Crippen LogP contribution in [0.4, 0.5) is 0 Å². The lowest BCUT2D eigenvalue weighted by Gasteiger charge is -2.34. The largest absolute Gasteiger partial charge is 0.486 e. The van der Waals surface area contributed by atoms with E-state index in [9.17, 15) is 9.59 Å². The van der Waals surface area contributed by atoms with Gasteiger partial charge < -0.3 is 14.5 Å². The second-order valence-electron chi connectivity index (χ2n) is 8.81. The van der Waals surface area contributed by atoms with Gasteiger partial charge in [-0.05, 0) is 63.1 Å². The van der Waals surface area contributed by atoms with Crippen LogP contribution >= 0.6 is 0 Å². The molecule has 160 valence electrons. The Labute approximate surface area is 181 Å². The minimum absolute atomic E-state index is 0.0902. The average molecular weight is 418 g/mol. The lowest BCUT2D eigenvalue weighted by molar-refractivity contribution is 0.0454. The highest BCUT2D eigenvalue weighted by molar-refractivity contribution is 6.13. The van der Waals surface area contributed by atoms with Crippen molar-refractivity contribution in [2.45, 2.75) is 57.5 Å². The van der Waals surface area contributed by atoms with Gasteiger partial charge in [0.25, 0.3) is 5.91 Å². The Morgan fingerprint density at radius 2 is 1.87 bits per heavy atom. The van der Waals surface area contributed by atoms with E-state index >= 15 is 0 Å². The van der Waals surface area contributed by atoms with E-state index in [2.05, 4.69) is 17.4 Å². The van der Waals surface area contributed by atoms with Crippen LogP contribution in [0, 0.1) is 6.92 Å². The molecule has 1 fully saturated rings. The summed E-state index contributed by atoms with van der Waals surface area (Å²) in [5, 5.41) is 3.67. The second kappa shape index (κ2) is 7.88. The molecule has 1 spiro atoms. The molecule has 0 unspecified atom stereocenters. The number of hydrogen-bond acceptors (Lipinski definition) is 4. The predicted octanol–water partition coefficient (Wildman–Crippen LogP) is 5.38. The van der Waals surface area contributed by atoms with Gasteiger partial charge in [0.2, 0.25) is 0 Å². The van der Waals surface area contributed by atoms with Crippen molar-refractivity contribution in [3.63, 3.8) is 0 Å². The molecular formula is C26H27NO4. The number of nitrogens with one attached hydrogen (secondary N) is 1. The molecule has 0 atom stereocenters. The molecule has 1 amide bonds. The third-order valence-corrected chi connectivity index (χ3v) is 6.64. The molecule has 2 aromatic carbocycles. The Bertz CT molecular complexity index is 1140. The molecule has 0 bridgehead atoms.